The lowest BCUT2D eigenvalue weighted by Gasteiger charge is -2.11. The van der Waals surface area contributed by atoms with Crippen LogP contribution in [0, 0.1) is 0 Å². The molecule has 0 atom stereocenters. The summed E-state index contributed by atoms with van der Waals surface area (Å²) < 4.78 is 62.7. The molecule has 0 aliphatic rings. The van der Waals surface area contributed by atoms with E-state index < -0.39 is 38.2 Å². The Morgan fingerprint density at radius 3 is 2.21 bits per heavy atom. The summed E-state index contributed by atoms with van der Waals surface area (Å²) in [7, 11) is 0.996. The first-order chi connectivity index (χ1) is 8.52. The SMILES string of the molecule is O=S(=O)(Cl)c1ccc(OCCC(F)(F)F)c(Cl)c1Cl. The van der Waals surface area contributed by atoms with Gasteiger partial charge in [-0.15, -0.1) is 0 Å². The van der Waals surface area contributed by atoms with E-state index >= 15 is 0 Å². The zero-order valence-electron chi connectivity index (χ0n) is 8.97. The van der Waals surface area contributed by atoms with Crippen molar-refractivity contribution >= 4 is 42.9 Å². The second-order valence-electron chi connectivity index (χ2n) is 3.34. The summed E-state index contributed by atoms with van der Waals surface area (Å²) in [5.41, 5.74) is 0. The van der Waals surface area contributed by atoms with Crippen LogP contribution < -0.4 is 4.74 Å². The minimum absolute atomic E-state index is 0.153. The van der Waals surface area contributed by atoms with Gasteiger partial charge in [-0.05, 0) is 12.1 Å². The van der Waals surface area contributed by atoms with Crippen molar-refractivity contribution in [1.29, 1.82) is 0 Å². The molecule has 10 heteroatoms. The summed E-state index contributed by atoms with van der Waals surface area (Å²) in [5.74, 6) is -0.153. The van der Waals surface area contributed by atoms with Crippen molar-refractivity contribution in [3.05, 3.63) is 22.2 Å². The van der Waals surface area contributed by atoms with Crippen molar-refractivity contribution in [2.75, 3.05) is 6.61 Å². The van der Waals surface area contributed by atoms with E-state index in [9.17, 15) is 21.6 Å². The molecular weight excluding hydrogens is 352 g/mol. The second-order valence-corrected chi connectivity index (χ2v) is 6.63. The number of benzene rings is 1. The van der Waals surface area contributed by atoms with Gasteiger partial charge >= 0.3 is 6.18 Å². The molecular formula is C9H6Cl3F3O3S. The molecule has 0 radical (unpaired) electrons. The Hall–Kier alpha value is -0.370. The minimum Gasteiger partial charge on any atom is -0.492 e. The van der Waals surface area contributed by atoms with Gasteiger partial charge in [-0.2, -0.15) is 13.2 Å². The molecule has 0 aromatic heterocycles. The van der Waals surface area contributed by atoms with Crippen LogP contribution in [0.5, 0.6) is 5.75 Å². The van der Waals surface area contributed by atoms with Crippen molar-refractivity contribution in [3.63, 3.8) is 0 Å². The number of rotatable bonds is 4. The molecule has 0 spiro atoms. The van der Waals surface area contributed by atoms with Gasteiger partial charge in [-0.1, -0.05) is 23.2 Å². The molecule has 3 nitrogen and oxygen atoms in total. The van der Waals surface area contributed by atoms with Crippen LogP contribution in [-0.2, 0) is 9.05 Å². The maximum Gasteiger partial charge on any atom is 0.392 e. The largest absolute Gasteiger partial charge is 0.492 e. The predicted octanol–water partition coefficient (Wildman–Crippen LogP) is 4.25. The summed E-state index contributed by atoms with van der Waals surface area (Å²) in [4.78, 5) is -0.441. The zero-order valence-corrected chi connectivity index (χ0v) is 12.1. The molecule has 0 aliphatic heterocycles. The molecule has 1 rings (SSSR count). The molecule has 0 fully saturated rings. The molecule has 0 N–H and O–H groups in total. The summed E-state index contributed by atoms with van der Waals surface area (Å²) in [6, 6.07) is 2.08. The summed E-state index contributed by atoms with van der Waals surface area (Å²) >= 11 is 11.3. The van der Waals surface area contributed by atoms with Gasteiger partial charge in [0.2, 0.25) is 0 Å². The van der Waals surface area contributed by atoms with Crippen LogP contribution in [0.1, 0.15) is 6.42 Å². The summed E-state index contributed by atoms with van der Waals surface area (Å²) in [6.45, 7) is -0.660. The minimum atomic E-state index is -4.37. The van der Waals surface area contributed by atoms with E-state index in [1.165, 1.54) is 0 Å². The van der Waals surface area contributed by atoms with E-state index in [0.717, 1.165) is 12.1 Å². The Bertz CT molecular complexity index is 572. The first kappa shape index (κ1) is 16.7. The quantitative estimate of drug-likeness (QED) is 0.757. The molecule has 0 bridgehead atoms. The maximum absolute atomic E-state index is 11.9. The topological polar surface area (TPSA) is 43.4 Å². The van der Waals surface area contributed by atoms with Gasteiger partial charge in [-0.3, -0.25) is 0 Å². The zero-order chi connectivity index (χ0) is 14.8. The highest BCUT2D eigenvalue weighted by Gasteiger charge is 2.27. The number of ether oxygens (including phenoxy) is 1. The van der Waals surface area contributed by atoms with Crippen molar-refractivity contribution in [2.45, 2.75) is 17.5 Å². The third kappa shape index (κ3) is 4.91. The number of hydrogen-bond acceptors (Lipinski definition) is 3. The first-order valence-electron chi connectivity index (χ1n) is 4.64. The van der Waals surface area contributed by atoms with E-state index in [0.29, 0.717) is 0 Å². The van der Waals surface area contributed by atoms with Crippen LogP contribution in [0.25, 0.3) is 0 Å². The normalized spacial score (nSPS) is 12.5. The Balaban J connectivity index is 2.92. The smallest absolute Gasteiger partial charge is 0.392 e. The van der Waals surface area contributed by atoms with E-state index in [2.05, 4.69) is 0 Å². The maximum atomic E-state index is 11.9. The van der Waals surface area contributed by atoms with Gasteiger partial charge in [0.05, 0.1) is 18.1 Å². The van der Waals surface area contributed by atoms with Crippen molar-refractivity contribution in [1.82, 2.24) is 0 Å². The van der Waals surface area contributed by atoms with Crippen molar-refractivity contribution in [2.24, 2.45) is 0 Å². The van der Waals surface area contributed by atoms with E-state index in [1.807, 2.05) is 0 Å². The molecule has 108 valence electrons. The molecule has 0 heterocycles. The Morgan fingerprint density at radius 1 is 1.16 bits per heavy atom. The lowest BCUT2D eigenvalue weighted by Crippen LogP contribution is -2.13. The van der Waals surface area contributed by atoms with Gasteiger partial charge in [0.25, 0.3) is 9.05 Å². The Morgan fingerprint density at radius 2 is 1.74 bits per heavy atom. The highest BCUT2D eigenvalue weighted by atomic mass is 35.7. The fourth-order valence-electron chi connectivity index (χ4n) is 1.09. The Labute approximate surface area is 121 Å². The van der Waals surface area contributed by atoms with Gasteiger partial charge < -0.3 is 4.74 Å². The van der Waals surface area contributed by atoms with Gasteiger partial charge in [0.15, 0.2) is 0 Å². The first-order valence-corrected chi connectivity index (χ1v) is 7.71. The summed E-state index contributed by atoms with van der Waals surface area (Å²) in [6.07, 6.45) is -5.54. The monoisotopic (exact) mass is 356 g/mol. The average molecular weight is 358 g/mol. The van der Waals surface area contributed by atoms with Crippen LogP contribution >= 0.6 is 33.9 Å². The van der Waals surface area contributed by atoms with E-state index in [-0.39, 0.29) is 10.8 Å². The van der Waals surface area contributed by atoms with Gasteiger partial charge in [0.1, 0.15) is 15.7 Å². The molecule has 19 heavy (non-hydrogen) atoms. The van der Waals surface area contributed by atoms with Crippen LogP contribution in [0.2, 0.25) is 10.0 Å². The third-order valence-electron chi connectivity index (χ3n) is 1.92. The Kier molecular flexibility index (Phi) is 5.22. The highest BCUT2D eigenvalue weighted by molar-refractivity contribution is 8.13. The van der Waals surface area contributed by atoms with Gasteiger partial charge in [-0.25, -0.2) is 8.42 Å². The third-order valence-corrected chi connectivity index (χ3v) is 4.26. The molecule has 1 aromatic carbocycles. The molecule has 1 aromatic rings. The lowest BCUT2D eigenvalue weighted by molar-refractivity contribution is -0.139. The molecule has 0 saturated carbocycles. The second kappa shape index (κ2) is 5.95. The summed E-state index contributed by atoms with van der Waals surface area (Å²) in [5, 5.41) is -0.716. The van der Waals surface area contributed by atoms with Crippen molar-refractivity contribution in [3.8, 4) is 5.75 Å². The van der Waals surface area contributed by atoms with Crippen LogP contribution in [0.3, 0.4) is 0 Å². The number of hydrogen-bond donors (Lipinski definition) is 0. The average Bonchev–Trinajstić information content (AvgIpc) is 2.20. The van der Waals surface area contributed by atoms with E-state index in [1.54, 1.807) is 0 Å². The van der Waals surface area contributed by atoms with E-state index in [4.69, 9.17) is 38.6 Å². The van der Waals surface area contributed by atoms with Crippen LogP contribution in [0.15, 0.2) is 17.0 Å². The fraction of sp³-hybridized carbons (Fsp3) is 0.333. The fourth-order valence-corrected chi connectivity index (χ4v) is 2.88. The van der Waals surface area contributed by atoms with Crippen LogP contribution in [-0.4, -0.2) is 21.2 Å². The highest BCUT2D eigenvalue weighted by Crippen LogP contribution is 2.38. The standard InChI is InChI=1S/C9H6Cl3F3O3S/c10-7-5(18-4-3-9(13,14)15)1-2-6(8(7)11)19(12,16)17/h1-2H,3-4H2. The number of halogens is 6. The van der Waals surface area contributed by atoms with Crippen molar-refractivity contribution < 1.29 is 26.3 Å². The molecule has 0 amide bonds. The van der Waals surface area contributed by atoms with Gasteiger partial charge in [0, 0.05) is 10.7 Å². The number of alkyl halides is 3. The molecule has 0 saturated heterocycles. The predicted molar refractivity (Wildman–Crippen MR) is 65.7 cm³/mol. The lowest BCUT2D eigenvalue weighted by atomic mass is 10.3. The molecule has 0 unspecified atom stereocenters. The van der Waals surface area contributed by atoms with Crippen LogP contribution in [0.4, 0.5) is 13.2 Å². The molecule has 0 aliphatic carbocycles.